The Bertz CT molecular complexity index is 1180. The van der Waals surface area contributed by atoms with Gasteiger partial charge in [-0.05, 0) is 87.6 Å². The van der Waals surface area contributed by atoms with Gasteiger partial charge in [0.25, 0.3) is 0 Å². The summed E-state index contributed by atoms with van der Waals surface area (Å²) in [4.78, 5) is 4.24. The molecule has 1 heterocycles. The first-order chi connectivity index (χ1) is 19.6. The van der Waals surface area contributed by atoms with Gasteiger partial charge in [0.1, 0.15) is 5.75 Å². The van der Waals surface area contributed by atoms with Crippen molar-refractivity contribution in [3.05, 3.63) is 119 Å². The fourth-order valence-corrected chi connectivity index (χ4v) is 3.68. The van der Waals surface area contributed by atoms with Gasteiger partial charge < -0.3 is 5.11 Å². The maximum Gasteiger partial charge on any atom is 0.118 e. The topological polar surface area (TPSA) is 33.1 Å². The predicted molar refractivity (Wildman–Crippen MR) is 187 cm³/mol. The molecular weight excluding hydrogens is 498 g/mol. The molecule has 1 aromatic heterocycles. The van der Waals surface area contributed by atoms with Crippen molar-refractivity contribution in [1.82, 2.24) is 4.98 Å². The van der Waals surface area contributed by atoms with E-state index in [0.29, 0.717) is 5.75 Å². The second kappa shape index (κ2) is 26.8. The van der Waals surface area contributed by atoms with E-state index < -0.39 is 0 Å². The van der Waals surface area contributed by atoms with E-state index in [1.807, 2.05) is 83.3 Å². The molecule has 0 aliphatic carbocycles. The minimum Gasteiger partial charge on any atom is -0.508 e. The Labute approximate surface area is 253 Å². The number of benzene rings is 1. The summed E-state index contributed by atoms with van der Waals surface area (Å²) in [7, 11) is 0. The number of pyridine rings is 1. The number of nitrogens with zero attached hydrogens (tertiary/aromatic N) is 1. The van der Waals surface area contributed by atoms with Gasteiger partial charge in [-0.25, -0.2) is 0 Å². The molecule has 0 saturated heterocycles. The average Bonchev–Trinajstić information content (AvgIpc) is 2.94. The van der Waals surface area contributed by atoms with Gasteiger partial charge in [0, 0.05) is 11.9 Å². The summed E-state index contributed by atoms with van der Waals surface area (Å²) in [5.74, 6) is 0.403. The summed E-state index contributed by atoms with van der Waals surface area (Å²) < 4.78 is 0. The maximum atomic E-state index is 9.11. The zero-order chi connectivity index (χ0) is 31.5. The van der Waals surface area contributed by atoms with E-state index in [0.717, 1.165) is 36.1 Å². The first-order valence-electron chi connectivity index (χ1n) is 15.2. The lowest BCUT2D eigenvalue weighted by Gasteiger charge is -1.99. The Morgan fingerprint density at radius 1 is 0.927 bits per heavy atom. The summed E-state index contributed by atoms with van der Waals surface area (Å²) in [6.45, 7) is 28.1. The smallest absolute Gasteiger partial charge is 0.118 e. The Morgan fingerprint density at radius 3 is 2.00 bits per heavy atom. The van der Waals surface area contributed by atoms with Gasteiger partial charge >= 0.3 is 0 Å². The number of para-hydroxylation sites is 1. The normalized spacial score (nSPS) is 11.5. The van der Waals surface area contributed by atoms with Crippen molar-refractivity contribution in [3.63, 3.8) is 0 Å². The summed E-state index contributed by atoms with van der Waals surface area (Å²) in [6, 6.07) is 9.40. The number of rotatable bonds is 11. The van der Waals surface area contributed by atoms with E-state index in [2.05, 4.69) is 63.7 Å². The van der Waals surface area contributed by atoms with Crippen LogP contribution in [0.15, 0.2) is 97.3 Å². The molecule has 0 radical (unpaired) electrons. The molecule has 0 aliphatic rings. The van der Waals surface area contributed by atoms with Gasteiger partial charge in [0.05, 0.1) is 0 Å². The molecule has 1 N–H and O–H groups in total. The van der Waals surface area contributed by atoms with Crippen LogP contribution < -0.4 is 10.4 Å². The molecule has 226 valence electrons. The molecule has 2 aromatic rings. The number of unbranched alkanes of at least 4 members (excludes halogenated alkanes) is 4. The highest BCUT2D eigenvalue weighted by Gasteiger charge is 1.93. The molecule has 41 heavy (non-hydrogen) atoms. The first kappa shape index (κ1) is 39.8. The van der Waals surface area contributed by atoms with Crippen molar-refractivity contribution >= 4 is 12.2 Å². The Hall–Kier alpha value is -3.39. The van der Waals surface area contributed by atoms with Crippen molar-refractivity contribution in [2.45, 2.75) is 107 Å². The van der Waals surface area contributed by atoms with Gasteiger partial charge in [-0.15, -0.1) is 6.58 Å². The molecule has 0 fully saturated rings. The van der Waals surface area contributed by atoms with Gasteiger partial charge in [-0.2, -0.15) is 0 Å². The van der Waals surface area contributed by atoms with E-state index in [9.17, 15) is 0 Å². The average molecular weight is 558 g/mol. The SMILES string of the molecule is C=C(C)/C=c1/ccnc(C)/c1=C/C.C=C/C(=C\C=C/C)CCC(=C)C.CCCCCCC.CCc1ccccc1O. The molecule has 2 heteroatoms. The molecule has 0 unspecified atom stereocenters. The molecule has 0 atom stereocenters. The summed E-state index contributed by atoms with van der Waals surface area (Å²) >= 11 is 0. The number of phenolic OH excluding ortho intramolecular Hbond substituents is 1. The fourth-order valence-electron chi connectivity index (χ4n) is 3.68. The lowest BCUT2D eigenvalue weighted by Crippen LogP contribution is -2.27. The number of aromatic hydroxyl groups is 1. The van der Waals surface area contributed by atoms with Crippen LogP contribution in [0.3, 0.4) is 0 Å². The molecule has 2 rings (SSSR count). The van der Waals surface area contributed by atoms with E-state index in [1.54, 1.807) is 6.07 Å². The summed E-state index contributed by atoms with van der Waals surface area (Å²) in [6.07, 6.45) is 24.0. The monoisotopic (exact) mass is 557 g/mol. The third kappa shape index (κ3) is 22.0. The van der Waals surface area contributed by atoms with Crippen LogP contribution in [-0.4, -0.2) is 10.1 Å². The van der Waals surface area contributed by atoms with Crippen LogP contribution in [0, 0.1) is 6.92 Å². The Kier molecular flexibility index (Phi) is 26.0. The maximum absolute atomic E-state index is 9.11. The van der Waals surface area contributed by atoms with Crippen LogP contribution in [0.1, 0.15) is 105 Å². The number of hydrogen-bond donors (Lipinski definition) is 1. The van der Waals surface area contributed by atoms with Crippen LogP contribution in [0.2, 0.25) is 0 Å². The van der Waals surface area contributed by atoms with Crippen LogP contribution in [0.25, 0.3) is 12.2 Å². The van der Waals surface area contributed by atoms with Gasteiger partial charge in [0.2, 0.25) is 0 Å². The summed E-state index contributed by atoms with van der Waals surface area (Å²) in [5, 5.41) is 11.5. The molecule has 0 bridgehead atoms. The molecule has 0 saturated carbocycles. The standard InChI is InChI=1S/C12H15N.C12H18.C8H10O.C7H16/c1-5-12-10(4)13-7-6-11(12)8-9(2)3;1-5-7-8-12(6-2)10-9-11(3)4;1-2-7-5-3-4-6-8(7)9;1-3-5-7-6-4-2/h5-8H,2H2,1,3-4H3;5-8H,2-3,9-10H2,1,4H3;3-6,9H,2H2,1H3;3-7H2,1-2H3/b11-8-,12-5-;7-5-,12-8+;;. The largest absolute Gasteiger partial charge is 0.508 e. The van der Waals surface area contributed by atoms with Gasteiger partial charge in [-0.3, -0.25) is 4.98 Å². The highest BCUT2D eigenvalue weighted by molar-refractivity contribution is 5.44. The number of hydrogen-bond acceptors (Lipinski definition) is 2. The van der Waals surface area contributed by atoms with E-state index in [1.165, 1.54) is 53.7 Å². The molecule has 1 aromatic carbocycles. The molecule has 2 nitrogen and oxygen atoms in total. The first-order valence-corrected chi connectivity index (χ1v) is 15.2. The Morgan fingerprint density at radius 2 is 1.56 bits per heavy atom. The van der Waals surface area contributed by atoms with Crippen molar-refractivity contribution < 1.29 is 5.11 Å². The Balaban J connectivity index is 0. The number of aryl methyl sites for hydroxylation is 2. The van der Waals surface area contributed by atoms with Crippen molar-refractivity contribution in [3.8, 4) is 5.75 Å². The lowest BCUT2D eigenvalue weighted by atomic mass is 10.1. The molecule has 0 amide bonds. The van der Waals surface area contributed by atoms with Crippen molar-refractivity contribution in [1.29, 1.82) is 0 Å². The van der Waals surface area contributed by atoms with Crippen LogP contribution in [0.4, 0.5) is 0 Å². The van der Waals surface area contributed by atoms with E-state index in [4.69, 9.17) is 5.11 Å². The fraction of sp³-hybridized carbons (Fsp3) is 0.410. The van der Waals surface area contributed by atoms with Crippen LogP contribution in [0.5, 0.6) is 5.75 Å². The second-order valence-electron chi connectivity index (χ2n) is 10.2. The van der Waals surface area contributed by atoms with Crippen molar-refractivity contribution in [2.75, 3.05) is 0 Å². The van der Waals surface area contributed by atoms with Gasteiger partial charge in [0.15, 0.2) is 0 Å². The zero-order valence-corrected chi connectivity index (χ0v) is 27.6. The van der Waals surface area contributed by atoms with Crippen LogP contribution >= 0.6 is 0 Å². The third-order valence-electron chi connectivity index (χ3n) is 6.10. The molecular formula is C39H59NO. The lowest BCUT2D eigenvalue weighted by molar-refractivity contribution is 0.469. The predicted octanol–water partition coefficient (Wildman–Crippen LogP) is 10.5. The minimum absolute atomic E-state index is 0.403. The highest BCUT2D eigenvalue weighted by Crippen LogP contribution is 2.15. The second-order valence-corrected chi connectivity index (χ2v) is 10.2. The van der Waals surface area contributed by atoms with E-state index in [-0.39, 0.29) is 0 Å². The highest BCUT2D eigenvalue weighted by atomic mass is 16.3. The quantitative estimate of drug-likeness (QED) is 0.169. The van der Waals surface area contributed by atoms with Gasteiger partial charge in [-0.1, -0.05) is 132 Å². The van der Waals surface area contributed by atoms with Crippen molar-refractivity contribution in [2.24, 2.45) is 0 Å². The zero-order valence-electron chi connectivity index (χ0n) is 27.6. The third-order valence-corrected chi connectivity index (χ3v) is 6.10. The number of aromatic nitrogens is 1. The van der Waals surface area contributed by atoms with E-state index >= 15 is 0 Å². The molecule has 0 aliphatic heterocycles. The number of phenols is 1. The minimum atomic E-state index is 0.403. The summed E-state index contributed by atoms with van der Waals surface area (Å²) in [5.41, 5.74) is 5.64. The molecule has 0 spiro atoms. The van der Waals surface area contributed by atoms with Crippen LogP contribution in [-0.2, 0) is 6.42 Å². The number of allylic oxidation sites excluding steroid dienone is 7.